The summed E-state index contributed by atoms with van der Waals surface area (Å²) in [5, 5.41) is 16.4. The van der Waals surface area contributed by atoms with Gasteiger partial charge in [-0.25, -0.2) is 0 Å². The number of aryl methyl sites for hydroxylation is 2. The van der Waals surface area contributed by atoms with Crippen LogP contribution in [0.25, 0.3) is 0 Å². The van der Waals surface area contributed by atoms with Gasteiger partial charge in [0.2, 0.25) is 0 Å². The highest BCUT2D eigenvalue weighted by molar-refractivity contribution is 5.98. The van der Waals surface area contributed by atoms with E-state index in [0.29, 0.717) is 17.1 Å². The molecule has 6 heteroatoms. The van der Waals surface area contributed by atoms with Gasteiger partial charge in [0.1, 0.15) is 5.69 Å². The lowest BCUT2D eigenvalue weighted by molar-refractivity contribution is 0.0702. The average molecular weight is 240 g/mol. The minimum Gasteiger partial charge on any atom is -0.395 e. The lowest BCUT2D eigenvalue weighted by atomic mass is 9.98. The molecule has 1 amide bonds. The molecule has 0 bridgehead atoms. The van der Waals surface area contributed by atoms with Gasteiger partial charge in [-0.05, 0) is 27.7 Å². The molecule has 6 nitrogen and oxygen atoms in total. The van der Waals surface area contributed by atoms with Gasteiger partial charge >= 0.3 is 0 Å². The van der Waals surface area contributed by atoms with Crippen LogP contribution in [0.5, 0.6) is 0 Å². The summed E-state index contributed by atoms with van der Waals surface area (Å²) in [6.07, 6.45) is -0.665. The fourth-order valence-electron chi connectivity index (χ4n) is 1.40. The van der Waals surface area contributed by atoms with Crippen LogP contribution in [0, 0.1) is 6.92 Å². The Labute approximate surface area is 101 Å². The van der Waals surface area contributed by atoms with Gasteiger partial charge < -0.3 is 16.2 Å². The van der Waals surface area contributed by atoms with Crippen molar-refractivity contribution in [3.8, 4) is 0 Å². The SMILES string of the molecule is Cc1nn(C)c(C(=O)NC(C)(C)C(C)O)c1N. The molecule has 1 rings (SSSR count). The molecule has 1 atom stereocenters. The van der Waals surface area contributed by atoms with Gasteiger partial charge in [0.25, 0.3) is 5.91 Å². The Balaban J connectivity index is 2.99. The quantitative estimate of drug-likeness (QED) is 0.703. The normalized spacial score (nSPS) is 13.5. The topological polar surface area (TPSA) is 93.2 Å². The maximum Gasteiger partial charge on any atom is 0.272 e. The Kier molecular flexibility index (Phi) is 3.47. The second-order valence-electron chi connectivity index (χ2n) is 4.82. The van der Waals surface area contributed by atoms with E-state index in [1.165, 1.54) is 4.68 Å². The largest absolute Gasteiger partial charge is 0.395 e. The van der Waals surface area contributed by atoms with Crippen LogP contribution in [-0.4, -0.2) is 32.4 Å². The molecule has 0 saturated carbocycles. The number of nitrogens with two attached hydrogens (primary N) is 1. The predicted molar refractivity (Wildman–Crippen MR) is 65.6 cm³/mol. The molecule has 4 N–H and O–H groups in total. The van der Waals surface area contributed by atoms with Crippen molar-refractivity contribution in [1.29, 1.82) is 0 Å². The van der Waals surface area contributed by atoms with E-state index in [1.807, 2.05) is 0 Å². The molecule has 1 aromatic heterocycles. The number of hydrogen-bond donors (Lipinski definition) is 3. The van der Waals surface area contributed by atoms with Gasteiger partial charge in [0.15, 0.2) is 0 Å². The van der Waals surface area contributed by atoms with E-state index in [4.69, 9.17) is 5.73 Å². The number of aliphatic hydroxyl groups excluding tert-OH is 1. The van der Waals surface area contributed by atoms with E-state index in [0.717, 1.165) is 0 Å². The van der Waals surface area contributed by atoms with Crippen molar-refractivity contribution in [3.63, 3.8) is 0 Å². The van der Waals surface area contributed by atoms with Crippen molar-refractivity contribution in [2.45, 2.75) is 39.3 Å². The number of anilines is 1. The van der Waals surface area contributed by atoms with Crippen molar-refractivity contribution in [3.05, 3.63) is 11.4 Å². The lowest BCUT2D eigenvalue weighted by Gasteiger charge is -2.29. The number of hydrogen-bond acceptors (Lipinski definition) is 4. The van der Waals surface area contributed by atoms with Crippen molar-refractivity contribution in [2.75, 3.05) is 5.73 Å². The first-order chi connectivity index (χ1) is 7.66. The molecule has 17 heavy (non-hydrogen) atoms. The standard InChI is InChI=1S/C11H20N4O2/c1-6-8(12)9(15(5)14-6)10(17)13-11(3,4)7(2)16/h7,16H,12H2,1-5H3,(H,13,17). The zero-order valence-electron chi connectivity index (χ0n) is 10.9. The highest BCUT2D eigenvalue weighted by atomic mass is 16.3. The van der Waals surface area contributed by atoms with Crippen LogP contribution < -0.4 is 11.1 Å². The number of nitrogen functional groups attached to an aromatic ring is 1. The predicted octanol–water partition coefficient (Wildman–Crippen LogP) is 0.200. The number of aliphatic hydroxyl groups is 1. The van der Waals surface area contributed by atoms with Crippen LogP contribution in [-0.2, 0) is 7.05 Å². The summed E-state index contributed by atoms with van der Waals surface area (Å²) in [5.74, 6) is -0.337. The second kappa shape index (κ2) is 4.37. The first-order valence-electron chi connectivity index (χ1n) is 5.46. The Morgan fingerprint density at radius 2 is 2.12 bits per heavy atom. The summed E-state index contributed by atoms with van der Waals surface area (Å²) in [7, 11) is 1.66. The lowest BCUT2D eigenvalue weighted by Crippen LogP contribution is -2.51. The van der Waals surface area contributed by atoms with E-state index in [9.17, 15) is 9.90 Å². The highest BCUT2D eigenvalue weighted by Crippen LogP contribution is 2.17. The molecule has 96 valence electrons. The average Bonchev–Trinajstić information content (AvgIpc) is 2.39. The number of carbonyl (C=O) groups excluding carboxylic acids is 1. The third-order valence-corrected chi connectivity index (χ3v) is 2.96. The number of rotatable bonds is 3. The number of nitrogens with zero attached hydrogens (tertiary/aromatic N) is 2. The van der Waals surface area contributed by atoms with E-state index in [2.05, 4.69) is 10.4 Å². The fraction of sp³-hybridized carbons (Fsp3) is 0.636. The maximum absolute atomic E-state index is 12.1. The van der Waals surface area contributed by atoms with Crippen molar-refractivity contribution in [2.24, 2.45) is 7.05 Å². The van der Waals surface area contributed by atoms with Crippen LogP contribution in [0.3, 0.4) is 0 Å². The zero-order valence-corrected chi connectivity index (χ0v) is 10.9. The summed E-state index contributed by atoms with van der Waals surface area (Å²) < 4.78 is 1.44. The molecule has 1 heterocycles. The Hall–Kier alpha value is -1.56. The Morgan fingerprint density at radius 3 is 2.47 bits per heavy atom. The van der Waals surface area contributed by atoms with Crippen LogP contribution in [0.2, 0.25) is 0 Å². The summed E-state index contributed by atoms with van der Waals surface area (Å²) in [5.41, 5.74) is 6.37. The van der Waals surface area contributed by atoms with Gasteiger partial charge in [0.05, 0.1) is 23.0 Å². The van der Waals surface area contributed by atoms with Crippen molar-refractivity contribution >= 4 is 11.6 Å². The molecule has 0 radical (unpaired) electrons. The molecular formula is C11H20N4O2. The Bertz CT molecular complexity index is 435. The number of carbonyl (C=O) groups is 1. The first-order valence-corrected chi connectivity index (χ1v) is 5.46. The minimum absolute atomic E-state index is 0.316. The maximum atomic E-state index is 12.1. The van der Waals surface area contributed by atoms with Gasteiger partial charge in [0, 0.05) is 7.05 Å². The van der Waals surface area contributed by atoms with Crippen molar-refractivity contribution in [1.82, 2.24) is 15.1 Å². The molecular weight excluding hydrogens is 220 g/mol. The Morgan fingerprint density at radius 1 is 1.59 bits per heavy atom. The number of aromatic nitrogens is 2. The summed E-state index contributed by atoms with van der Waals surface area (Å²) >= 11 is 0. The molecule has 0 aliphatic carbocycles. The fourth-order valence-corrected chi connectivity index (χ4v) is 1.40. The summed E-state index contributed by atoms with van der Waals surface area (Å²) in [6.45, 7) is 6.86. The van der Waals surface area contributed by atoms with E-state index in [-0.39, 0.29) is 5.91 Å². The van der Waals surface area contributed by atoms with E-state index < -0.39 is 11.6 Å². The molecule has 0 aromatic carbocycles. The third-order valence-electron chi connectivity index (χ3n) is 2.96. The van der Waals surface area contributed by atoms with Gasteiger partial charge in [-0.1, -0.05) is 0 Å². The van der Waals surface area contributed by atoms with Gasteiger partial charge in [-0.3, -0.25) is 9.48 Å². The number of nitrogens with one attached hydrogen (secondary N) is 1. The molecule has 0 aliphatic rings. The first kappa shape index (κ1) is 13.5. The smallest absolute Gasteiger partial charge is 0.272 e. The molecule has 0 saturated heterocycles. The van der Waals surface area contributed by atoms with E-state index >= 15 is 0 Å². The van der Waals surface area contributed by atoms with Crippen LogP contribution in [0.4, 0.5) is 5.69 Å². The molecule has 1 unspecified atom stereocenters. The molecule has 0 spiro atoms. The monoisotopic (exact) mass is 240 g/mol. The molecule has 0 fully saturated rings. The third kappa shape index (κ3) is 2.58. The highest BCUT2D eigenvalue weighted by Gasteiger charge is 2.29. The van der Waals surface area contributed by atoms with E-state index in [1.54, 1.807) is 34.7 Å². The summed E-state index contributed by atoms with van der Waals surface area (Å²) in [4.78, 5) is 12.1. The van der Waals surface area contributed by atoms with Crippen molar-refractivity contribution < 1.29 is 9.90 Å². The van der Waals surface area contributed by atoms with Crippen LogP contribution in [0.15, 0.2) is 0 Å². The summed E-state index contributed by atoms with van der Waals surface area (Å²) in [6, 6.07) is 0. The van der Waals surface area contributed by atoms with Crippen LogP contribution >= 0.6 is 0 Å². The van der Waals surface area contributed by atoms with Gasteiger partial charge in [-0.15, -0.1) is 0 Å². The van der Waals surface area contributed by atoms with Gasteiger partial charge in [-0.2, -0.15) is 5.10 Å². The molecule has 0 aliphatic heterocycles. The second-order valence-corrected chi connectivity index (χ2v) is 4.82. The van der Waals surface area contributed by atoms with Crippen LogP contribution in [0.1, 0.15) is 37.0 Å². The zero-order chi connectivity index (χ0) is 13.4. The number of amides is 1. The molecule has 1 aromatic rings. The minimum atomic E-state index is -0.721.